The topological polar surface area (TPSA) is 105 Å². The lowest BCUT2D eigenvalue weighted by Gasteiger charge is -2.37. The van der Waals surface area contributed by atoms with Gasteiger partial charge in [0.15, 0.2) is 11.5 Å². The second kappa shape index (κ2) is 11.1. The Bertz CT molecular complexity index is 1300. The average molecular weight is 533 g/mol. The number of rotatable bonds is 8. The second-order valence-corrected chi connectivity index (χ2v) is 11.8. The summed E-state index contributed by atoms with van der Waals surface area (Å²) in [5.74, 6) is 1.94. The molecule has 3 heterocycles. The normalized spacial score (nSPS) is 24.9. The van der Waals surface area contributed by atoms with Crippen molar-refractivity contribution in [3.05, 3.63) is 41.7 Å². The van der Waals surface area contributed by atoms with E-state index in [1.807, 2.05) is 6.07 Å². The van der Waals surface area contributed by atoms with E-state index in [-0.39, 0.29) is 17.9 Å². The Morgan fingerprint density at radius 1 is 1.10 bits per heavy atom. The summed E-state index contributed by atoms with van der Waals surface area (Å²) in [5, 5.41) is 13.5. The average Bonchev–Trinajstić information content (AvgIpc) is 3.27. The van der Waals surface area contributed by atoms with Crippen molar-refractivity contribution in [2.45, 2.75) is 77.4 Å². The fraction of sp³-hybridized carbons (Fsp3) is 0.600. The van der Waals surface area contributed by atoms with Gasteiger partial charge in [-0.3, -0.25) is 0 Å². The van der Waals surface area contributed by atoms with Crippen LogP contribution in [0.5, 0.6) is 0 Å². The van der Waals surface area contributed by atoms with Gasteiger partial charge in [0.05, 0.1) is 19.3 Å². The highest BCUT2D eigenvalue weighted by atomic mass is 16.5. The first-order valence-electron chi connectivity index (χ1n) is 14.7. The molecule has 2 atom stereocenters. The van der Waals surface area contributed by atoms with Crippen LogP contribution in [0.15, 0.2) is 30.3 Å². The molecule has 2 aliphatic carbocycles. The van der Waals surface area contributed by atoms with Crippen LogP contribution in [0.1, 0.15) is 81.0 Å². The molecule has 0 unspecified atom stereocenters. The number of anilines is 2. The summed E-state index contributed by atoms with van der Waals surface area (Å²) >= 11 is 0. The van der Waals surface area contributed by atoms with Gasteiger partial charge in [-0.2, -0.15) is 4.98 Å². The van der Waals surface area contributed by atoms with Crippen molar-refractivity contribution in [3.8, 4) is 0 Å². The maximum absolute atomic E-state index is 12.0. The third-order valence-electron chi connectivity index (χ3n) is 9.14. The second-order valence-electron chi connectivity index (χ2n) is 11.8. The van der Waals surface area contributed by atoms with E-state index in [0.29, 0.717) is 43.1 Å². The van der Waals surface area contributed by atoms with E-state index in [9.17, 15) is 9.90 Å². The molecule has 1 aromatic carbocycles. The number of aromatic carboxylic acids is 1. The number of morpholine rings is 1. The van der Waals surface area contributed by atoms with E-state index in [0.717, 1.165) is 23.9 Å². The van der Waals surface area contributed by atoms with Crippen LogP contribution in [0, 0.1) is 17.8 Å². The Morgan fingerprint density at radius 3 is 2.56 bits per heavy atom. The summed E-state index contributed by atoms with van der Waals surface area (Å²) in [7, 11) is 0. The van der Waals surface area contributed by atoms with Crippen LogP contribution in [0.3, 0.4) is 0 Å². The first kappa shape index (κ1) is 26.0. The molecule has 2 N–H and O–H groups in total. The SMILES string of the molecule is CC1CCC(Cn2c(N3CCOC[C@H]3c3ccccc3)nc3nc(C(=O)O)nc(N[C@H](C)C4CCC4)c32)CC1. The van der Waals surface area contributed by atoms with Gasteiger partial charge in [-0.05, 0) is 55.9 Å². The molecule has 9 nitrogen and oxygen atoms in total. The molecule has 0 bridgehead atoms. The number of imidazole rings is 1. The maximum atomic E-state index is 12.0. The van der Waals surface area contributed by atoms with Crippen molar-refractivity contribution in [2.75, 3.05) is 30.0 Å². The number of hydrogen-bond donors (Lipinski definition) is 2. The minimum Gasteiger partial charge on any atom is -0.475 e. The van der Waals surface area contributed by atoms with Gasteiger partial charge in [-0.1, -0.05) is 56.5 Å². The first-order chi connectivity index (χ1) is 19.0. The summed E-state index contributed by atoms with van der Waals surface area (Å²) in [6.45, 7) is 7.23. The van der Waals surface area contributed by atoms with Gasteiger partial charge < -0.3 is 24.6 Å². The minimum absolute atomic E-state index is 0.0131. The standard InChI is InChI=1S/C30H40N6O3/c1-19-11-13-21(14-12-19)17-36-25-26(31-20(2)22-9-6-10-22)32-28(29(37)38)33-27(25)34-30(36)35-15-16-39-18-24(35)23-7-4-3-5-8-23/h3-5,7-8,19-22,24H,6,9-18H2,1-2H3,(H,37,38)(H,31,32,33)/t19?,20-,21?,24+/m1/s1. The lowest BCUT2D eigenvalue weighted by atomic mass is 9.80. The Balaban J connectivity index is 1.47. The molecule has 208 valence electrons. The molecule has 0 spiro atoms. The zero-order valence-electron chi connectivity index (χ0n) is 23.1. The van der Waals surface area contributed by atoms with Crippen molar-refractivity contribution in [1.82, 2.24) is 19.5 Å². The lowest BCUT2D eigenvalue weighted by Crippen LogP contribution is -2.41. The van der Waals surface area contributed by atoms with Gasteiger partial charge >= 0.3 is 5.97 Å². The van der Waals surface area contributed by atoms with Gasteiger partial charge in [-0.15, -0.1) is 0 Å². The third kappa shape index (κ3) is 5.33. The van der Waals surface area contributed by atoms with E-state index in [1.165, 1.54) is 50.5 Å². The van der Waals surface area contributed by atoms with Crippen LogP contribution in [0.25, 0.3) is 11.2 Å². The molecule has 6 rings (SSSR count). The number of carbonyl (C=O) groups is 1. The number of carboxylic acid groups (broad SMARTS) is 1. The Hall–Kier alpha value is -3.20. The zero-order valence-corrected chi connectivity index (χ0v) is 23.1. The van der Waals surface area contributed by atoms with Gasteiger partial charge in [0.1, 0.15) is 5.52 Å². The van der Waals surface area contributed by atoms with E-state index in [4.69, 9.17) is 9.72 Å². The van der Waals surface area contributed by atoms with Crippen molar-refractivity contribution in [1.29, 1.82) is 0 Å². The Kier molecular flexibility index (Phi) is 7.42. The molecule has 1 saturated heterocycles. The molecule has 39 heavy (non-hydrogen) atoms. The predicted octanol–water partition coefficient (Wildman–Crippen LogP) is 5.53. The zero-order chi connectivity index (χ0) is 26.9. The van der Waals surface area contributed by atoms with Crippen LogP contribution in [0.2, 0.25) is 0 Å². The molecule has 0 amide bonds. The highest BCUT2D eigenvalue weighted by Crippen LogP contribution is 2.38. The Morgan fingerprint density at radius 2 is 1.87 bits per heavy atom. The summed E-state index contributed by atoms with van der Waals surface area (Å²) in [5.41, 5.74) is 2.44. The van der Waals surface area contributed by atoms with Crippen molar-refractivity contribution < 1.29 is 14.6 Å². The quantitative estimate of drug-likeness (QED) is 0.390. The smallest absolute Gasteiger partial charge is 0.374 e. The number of nitrogens with zero attached hydrogens (tertiary/aromatic N) is 5. The van der Waals surface area contributed by atoms with Gasteiger partial charge in [0.25, 0.3) is 0 Å². The van der Waals surface area contributed by atoms with Gasteiger partial charge in [-0.25, -0.2) is 14.8 Å². The molecule has 0 radical (unpaired) electrons. The van der Waals surface area contributed by atoms with Crippen molar-refractivity contribution in [2.24, 2.45) is 17.8 Å². The monoisotopic (exact) mass is 532 g/mol. The molecule has 2 aromatic heterocycles. The largest absolute Gasteiger partial charge is 0.475 e. The number of benzene rings is 1. The van der Waals surface area contributed by atoms with Crippen LogP contribution in [0.4, 0.5) is 11.8 Å². The number of nitrogens with one attached hydrogen (secondary N) is 1. The Labute approximate surface area is 230 Å². The van der Waals surface area contributed by atoms with E-state index in [2.05, 4.69) is 62.9 Å². The summed E-state index contributed by atoms with van der Waals surface area (Å²) < 4.78 is 8.23. The molecule has 9 heteroatoms. The fourth-order valence-electron chi connectivity index (χ4n) is 6.45. The molecular weight excluding hydrogens is 492 g/mol. The summed E-state index contributed by atoms with van der Waals surface area (Å²) in [6.07, 6.45) is 8.45. The number of hydrogen-bond acceptors (Lipinski definition) is 7. The number of aromatic nitrogens is 4. The van der Waals surface area contributed by atoms with Crippen molar-refractivity contribution >= 4 is 28.9 Å². The summed E-state index contributed by atoms with van der Waals surface area (Å²) in [6, 6.07) is 10.6. The van der Waals surface area contributed by atoms with Crippen LogP contribution >= 0.6 is 0 Å². The maximum Gasteiger partial charge on any atom is 0.374 e. The highest BCUT2D eigenvalue weighted by molar-refractivity contribution is 5.91. The minimum atomic E-state index is -1.14. The number of ether oxygens (including phenoxy) is 1. The molecule has 2 saturated carbocycles. The first-order valence-corrected chi connectivity index (χ1v) is 14.7. The van der Waals surface area contributed by atoms with Crippen LogP contribution in [-0.2, 0) is 11.3 Å². The highest BCUT2D eigenvalue weighted by Gasteiger charge is 2.33. The van der Waals surface area contributed by atoms with Gasteiger partial charge in [0.2, 0.25) is 11.8 Å². The molecule has 1 aliphatic heterocycles. The fourth-order valence-corrected chi connectivity index (χ4v) is 6.45. The number of fused-ring (bicyclic) bond motifs is 1. The molecule has 3 aliphatic rings. The molecular formula is C30H40N6O3. The number of carboxylic acids is 1. The van der Waals surface area contributed by atoms with E-state index in [1.54, 1.807) is 0 Å². The van der Waals surface area contributed by atoms with Gasteiger partial charge in [0, 0.05) is 19.1 Å². The van der Waals surface area contributed by atoms with E-state index < -0.39 is 5.97 Å². The molecule has 3 fully saturated rings. The lowest BCUT2D eigenvalue weighted by molar-refractivity contribution is 0.0684. The van der Waals surface area contributed by atoms with Crippen LogP contribution < -0.4 is 10.2 Å². The summed E-state index contributed by atoms with van der Waals surface area (Å²) in [4.78, 5) is 28.5. The predicted molar refractivity (Wildman–Crippen MR) is 151 cm³/mol. The third-order valence-corrected chi connectivity index (χ3v) is 9.14. The van der Waals surface area contributed by atoms with E-state index >= 15 is 0 Å². The van der Waals surface area contributed by atoms with Crippen LogP contribution in [-0.4, -0.2) is 56.4 Å². The molecule has 3 aromatic rings. The van der Waals surface area contributed by atoms with Crippen molar-refractivity contribution in [3.63, 3.8) is 0 Å².